The lowest BCUT2D eigenvalue weighted by Crippen LogP contribution is -2.46. The zero-order chi connectivity index (χ0) is 21.7. The largest absolute Gasteiger partial charge is 0.453 e. The molecule has 3 rings (SSSR count). The summed E-state index contributed by atoms with van der Waals surface area (Å²) in [4.78, 5) is 25.1. The Labute approximate surface area is 177 Å². The van der Waals surface area contributed by atoms with Crippen molar-refractivity contribution in [1.29, 1.82) is 5.26 Å². The first-order valence-corrected chi connectivity index (χ1v) is 10.1. The number of hydrogen-bond acceptors (Lipinski definition) is 7. The van der Waals surface area contributed by atoms with Crippen molar-refractivity contribution in [3.05, 3.63) is 46.8 Å². The zero-order valence-corrected chi connectivity index (χ0v) is 17.8. The van der Waals surface area contributed by atoms with Gasteiger partial charge in [-0.1, -0.05) is 12.1 Å². The average molecular weight is 409 g/mol. The van der Waals surface area contributed by atoms with Crippen molar-refractivity contribution in [2.75, 3.05) is 32.5 Å². The highest BCUT2D eigenvalue weighted by Gasteiger charge is 2.25. The van der Waals surface area contributed by atoms with Gasteiger partial charge in [0.2, 0.25) is 0 Å². The van der Waals surface area contributed by atoms with Gasteiger partial charge in [0.25, 0.3) is 5.91 Å². The van der Waals surface area contributed by atoms with Crippen LogP contribution in [0.5, 0.6) is 6.01 Å². The first kappa shape index (κ1) is 21.5. The second-order valence-corrected chi connectivity index (χ2v) is 7.70. The van der Waals surface area contributed by atoms with Gasteiger partial charge in [-0.05, 0) is 44.4 Å². The highest BCUT2D eigenvalue weighted by atomic mass is 16.5. The lowest BCUT2D eigenvalue weighted by Gasteiger charge is -2.36. The van der Waals surface area contributed by atoms with Crippen LogP contribution in [0.3, 0.4) is 0 Å². The minimum Gasteiger partial charge on any atom is -0.453 e. The number of amides is 1. The van der Waals surface area contributed by atoms with Crippen molar-refractivity contribution in [2.45, 2.75) is 39.3 Å². The molecule has 1 fully saturated rings. The fraction of sp³-hybridized carbons (Fsp3) is 0.455. The summed E-state index contributed by atoms with van der Waals surface area (Å²) in [5.74, 6) is -0.0868. The Morgan fingerprint density at radius 1 is 1.23 bits per heavy atom. The summed E-state index contributed by atoms with van der Waals surface area (Å²) < 4.78 is 5.51. The molecule has 0 spiro atoms. The van der Waals surface area contributed by atoms with E-state index in [1.54, 1.807) is 18.7 Å². The number of likely N-dealkylation sites (N-methyl/N-ethyl adjacent to an activating group) is 1. The molecular weight excluding hydrogens is 380 g/mol. The van der Waals surface area contributed by atoms with E-state index in [0.717, 1.165) is 32.5 Å². The molecule has 2 aromatic rings. The van der Waals surface area contributed by atoms with E-state index in [1.807, 2.05) is 31.3 Å². The molecule has 158 valence electrons. The Bertz CT molecular complexity index is 907. The van der Waals surface area contributed by atoms with Crippen molar-refractivity contribution < 1.29 is 9.53 Å². The second kappa shape index (κ2) is 9.55. The van der Waals surface area contributed by atoms with Crippen LogP contribution in [0.25, 0.3) is 0 Å². The van der Waals surface area contributed by atoms with E-state index in [9.17, 15) is 4.79 Å². The van der Waals surface area contributed by atoms with Crippen molar-refractivity contribution in [1.82, 2.24) is 19.8 Å². The van der Waals surface area contributed by atoms with Crippen LogP contribution >= 0.6 is 0 Å². The van der Waals surface area contributed by atoms with Gasteiger partial charge in [-0.15, -0.1) is 0 Å². The summed E-state index contributed by atoms with van der Waals surface area (Å²) >= 11 is 0. The summed E-state index contributed by atoms with van der Waals surface area (Å²) in [5, 5.41) is 8.90. The number of likely N-dealkylation sites (tertiary alicyclic amines) is 1. The van der Waals surface area contributed by atoms with Crippen LogP contribution in [0.1, 0.15) is 35.4 Å². The normalized spacial score (nSPS) is 14.9. The number of aryl methyl sites for hydroxylation is 2. The fourth-order valence-electron chi connectivity index (χ4n) is 3.60. The minimum absolute atomic E-state index is 0.0868. The molecule has 0 unspecified atom stereocenters. The molecule has 1 saturated heterocycles. The number of nitrogen functional groups attached to an aromatic ring is 1. The van der Waals surface area contributed by atoms with Gasteiger partial charge >= 0.3 is 6.01 Å². The molecule has 30 heavy (non-hydrogen) atoms. The molecule has 1 aromatic heterocycles. The third-order valence-electron chi connectivity index (χ3n) is 5.62. The number of nitriles is 1. The van der Waals surface area contributed by atoms with Crippen LogP contribution in [0.2, 0.25) is 0 Å². The van der Waals surface area contributed by atoms with Crippen LogP contribution in [0.4, 0.5) is 5.69 Å². The summed E-state index contributed by atoms with van der Waals surface area (Å²) in [7, 11) is 1.83. The lowest BCUT2D eigenvalue weighted by atomic mass is 10.0. The molecule has 1 amide bonds. The molecule has 1 aromatic carbocycles. The summed E-state index contributed by atoms with van der Waals surface area (Å²) in [5.41, 5.74) is 9.55. The van der Waals surface area contributed by atoms with Crippen LogP contribution in [0.15, 0.2) is 24.3 Å². The number of nitrogens with two attached hydrogens (primary N) is 1. The Morgan fingerprint density at radius 3 is 2.40 bits per heavy atom. The van der Waals surface area contributed by atoms with Crippen LogP contribution in [0, 0.1) is 25.2 Å². The smallest absolute Gasteiger partial charge is 0.317 e. The van der Waals surface area contributed by atoms with Crippen LogP contribution in [-0.2, 0) is 11.3 Å². The van der Waals surface area contributed by atoms with Gasteiger partial charge in [-0.25, -0.2) is 0 Å². The Kier molecular flexibility index (Phi) is 6.85. The standard InChI is InChI=1S/C22H28N6O2/c1-15-21(24)16(2)26-22(25-15)30-14-20(29)27(3)19-8-10-28(11-9-19)13-18-6-4-17(12-23)5-7-18/h4-7,19H,8-11,13-14,24H2,1-3H3. The molecule has 1 aliphatic heterocycles. The SMILES string of the molecule is Cc1nc(OCC(=O)N(C)C2CCN(Cc3ccc(C#N)cc3)CC2)nc(C)c1N. The van der Waals surface area contributed by atoms with Gasteiger partial charge in [0, 0.05) is 32.7 Å². The highest BCUT2D eigenvalue weighted by Crippen LogP contribution is 2.19. The first-order valence-electron chi connectivity index (χ1n) is 10.1. The number of benzene rings is 1. The number of hydrogen-bond donors (Lipinski definition) is 1. The van der Waals surface area contributed by atoms with Gasteiger partial charge < -0.3 is 15.4 Å². The second-order valence-electron chi connectivity index (χ2n) is 7.70. The van der Waals surface area contributed by atoms with E-state index in [-0.39, 0.29) is 24.6 Å². The molecule has 0 saturated carbocycles. The number of ether oxygens (including phenoxy) is 1. The maximum atomic E-state index is 12.6. The molecular formula is C22H28N6O2. The number of rotatable bonds is 6. The molecule has 0 radical (unpaired) electrons. The number of anilines is 1. The summed E-state index contributed by atoms with van der Waals surface area (Å²) in [6.07, 6.45) is 1.82. The van der Waals surface area contributed by atoms with Crippen molar-refractivity contribution in [3.8, 4) is 12.1 Å². The van der Waals surface area contributed by atoms with E-state index < -0.39 is 0 Å². The van der Waals surface area contributed by atoms with E-state index in [4.69, 9.17) is 15.7 Å². The summed E-state index contributed by atoms with van der Waals surface area (Å²) in [6.45, 7) is 6.18. The van der Waals surface area contributed by atoms with E-state index in [2.05, 4.69) is 20.9 Å². The van der Waals surface area contributed by atoms with Crippen molar-refractivity contribution in [2.24, 2.45) is 0 Å². The molecule has 0 bridgehead atoms. The predicted molar refractivity (Wildman–Crippen MR) is 114 cm³/mol. The molecule has 8 nitrogen and oxygen atoms in total. The van der Waals surface area contributed by atoms with E-state index in [1.165, 1.54) is 5.56 Å². The molecule has 2 N–H and O–H groups in total. The molecule has 0 atom stereocenters. The Morgan fingerprint density at radius 2 is 1.83 bits per heavy atom. The van der Waals surface area contributed by atoms with Crippen molar-refractivity contribution in [3.63, 3.8) is 0 Å². The maximum absolute atomic E-state index is 12.6. The first-order chi connectivity index (χ1) is 14.4. The number of piperidine rings is 1. The number of nitrogens with zero attached hydrogens (tertiary/aromatic N) is 5. The average Bonchev–Trinajstić information content (AvgIpc) is 2.76. The minimum atomic E-state index is -0.0925. The Hall–Kier alpha value is -3.18. The summed E-state index contributed by atoms with van der Waals surface area (Å²) in [6, 6.07) is 10.2. The van der Waals surface area contributed by atoms with Gasteiger partial charge in [0.1, 0.15) is 0 Å². The fourth-order valence-corrected chi connectivity index (χ4v) is 3.60. The molecule has 0 aliphatic carbocycles. The maximum Gasteiger partial charge on any atom is 0.317 e. The van der Waals surface area contributed by atoms with Gasteiger partial charge in [-0.2, -0.15) is 15.2 Å². The van der Waals surface area contributed by atoms with E-state index in [0.29, 0.717) is 22.6 Å². The van der Waals surface area contributed by atoms with Gasteiger partial charge in [-0.3, -0.25) is 9.69 Å². The van der Waals surface area contributed by atoms with Crippen LogP contribution in [-0.4, -0.2) is 58.5 Å². The number of carbonyl (C=O) groups is 1. The third kappa shape index (κ3) is 5.24. The monoisotopic (exact) mass is 408 g/mol. The molecule has 1 aliphatic rings. The molecule has 2 heterocycles. The van der Waals surface area contributed by atoms with Gasteiger partial charge in [0.05, 0.1) is 28.7 Å². The van der Waals surface area contributed by atoms with E-state index >= 15 is 0 Å². The molecule has 8 heteroatoms. The predicted octanol–water partition coefficient (Wildman–Crippen LogP) is 2.05. The number of aromatic nitrogens is 2. The topological polar surface area (TPSA) is 108 Å². The van der Waals surface area contributed by atoms with Gasteiger partial charge in [0.15, 0.2) is 6.61 Å². The van der Waals surface area contributed by atoms with Crippen LogP contribution < -0.4 is 10.5 Å². The Balaban J connectivity index is 1.46. The highest BCUT2D eigenvalue weighted by molar-refractivity contribution is 5.77. The third-order valence-corrected chi connectivity index (χ3v) is 5.62. The number of carbonyl (C=O) groups excluding carboxylic acids is 1. The zero-order valence-electron chi connectivity index (χ0n) is 17.8. The quantitative estimate of drug-likeness (QED) is 0.779. The van der Waals surface area contributed by atoms with Crippen molar-refractivity contribution >= 4 is 11.6 Å². The lowest BCUT2D eigenvalue weighted by molar-refractivity contribution is -0.135.